The van der Waals surface area contributed by atoms with Crippen LogP contribution in [0.4, 0.5) is 11.6 Å². The number of aromatic nitrogens is 2. The van der Waals surface area contributed by atoms with Crippen molar-refractivity contribution in [1.29, 1.82) is 5.26 Å². The first-order valence-corrected chi connectivity index (χ1v) is 6.84. The van der Waals surface area contributed by atoms with Gasteiger partial charge in [-0.3, -0.25) is 0 Å². The van der Waals surface area contributed by atoms with Crippen LogP contribution in [0.15, 0.2) is 30.3 Å². The molecule has 1 heterocycles. The summed E-state index contributed by atoms with van der Waals surface area (Å²) in [4.78, 5) is 8.61. The fourth-order valence-electron chi connectivity index (χ4n) is 1.82. The first-order chi connectivity index (χ1) is 9.74. The largest absolute Gasteiger partial charge is 0.324 e. The van der Waals surface area contributed by atoms with E-state index in [2.05, 4.69) is 21.4 Å². The molecule has 0 atom stereocenters. The maximum Gasteiger partial charge on any atom is 0.228 e. The van der Waals surface area contributed by atoms with Gasteiger partial charge in [0.05, 0.1) is 0 Å². The Morgan fingerprint density at radius 3 is 2.35 bits per heavy atom. The van der Waals surface area contributed by atoms with Crippen LogP contribution in [0.5, 0.6) is 0 Å². The summed E-state index contributed by atoms with van der Waals surface area (Å²) < 4.78 is 0. The van der Waals surface area contributed by atoms with Crippen LogP contribution in [0.2, 0.25) is 0 Å². The van der Waals surface area contributed by atoms with Gasteiger partial charge >= 0.3 is 0 Å². The highest BCUT2D eigenvalue weighted by Crippen LogP contribution is 2.16. The van der Waals surface area contributed by atoms with Crippen LogP contribution in [0, 0.1) is 18.3 Å². The molecule has 0 saturated carbocycles. The van der Waals surface area contributed by atoms with E-state index in [1.807, 2.05) is 58.0 Å². The summed E-state index contributed by atoms with van der Waals surface area (Å²) in [7, 11) is 0. The Kier molecular flexibility index (Phi) is 6.18. The summed E-state index contributed by atoms with van der Waals surface area (Å²) in [6.07, 6.45) is 0.764. The molecule has 0 fully saturated rings. The second kappa shape index (κ2) is 7.90. The topological polar surface area (TPSA) is 61.6 Å². The lowest BCUT2D eigenvalue weighted by Crippen LogP contribution is -2.05. The normalized spacial score (nSPS) is 9.15. The molecule has 0 unspecified atom stereocenters. The highest BCUT2D eigenvalue weighted by molar-refractivity contribution is 5.54. The second-order valence-electron chi connectivity index (χ2n) is 3.92. The van der Waals surface area contributed by atoms with Crippen LogP contribution in [0.1, 0.15) is 37.7 Å². The number of nitrogens with zero attached hydrogens (tertiary/aromatic N) is 3. The summed E-state index contributed by atoms with van der Waals surface area (Å²) in [6.45, 7) is 7.90. The van der Waals surface area contributed by atoms with E-state index in [0.717, 1.165) is 23.4 Å². The van der Waals surface area contributed by atoms with Crippen LogP contribution < -0.4 is 5.32 Å². The minimum Gasteiger partial charge on any atom is -0.324 e. The van der Waals surface area contributed by atoms with Gasteiger partial charge in [-0.15, -0.1) is 0 Å². The van der Waals surface area contributed by atoms with Gasteiger partial charge in [0.2, 0.25) is 5.95 Å². The van der Waals surface area contributed by atoms with Crippen molar-refractivity contribution >= 4 is 11.6 Å². The average Bonchev–Trinajstić information content (AvgIpc) is 2.49. The molecule has 0 aliphatic carbocycles. The number of hydrogen-bond donors (Lipinski definition) is 1. The van der Waals surface area contributed by atoms with Gasteiger partial charge in [0.25, 0.3) is 0 Å². The highest BCUT2D eigenvalue weighted by Gasteiger charge is 2.09. The number of anilines is 2. The van der Waals surface area contributed by atoms with Crippen LogP contribution in [-0.4, -0.2) is 9.97 Å². The Morgan fingerprint density at radius 1 is 1.15 bits per heavy atom. The molecular formula is C16H20N4. The van der Waals surface area contributed by atoms with Crippen molar-refractivity contribution in [1.82, 2.24) is 9.97 Å². The number of rotatable bonds is 3. The zero-order valence-electron chi connectivity index (χ0n) is 12.4. The van der Waals surface area contributed by atoms with Crippen molar-refractivity contribution in [3.05, 3.63) is 47.3 Å². The van der Waals surface area contributed by atoms with E-state index < -0.39 is 0 Å². The van der Waals surface area contributed by atoms with Crippen molar-refractivity contribution < 1.29 is 0 Å². The summed E-state index contributed by atoms with van der Waals surface area (Å²) in [5.74, 6) is 0.465. The van der Waals surface area contributed by atoms with Gasteiger partial charge in [-0.25, -0.2) is 9.97 Å². The first-order valence-electron chi connectivity index (χ1n) is 6.84. The maximum absolute atomic E-state index is 9.10. The molecule has 1 aromatic heterocycles. The Hall–Kier alpha value is -2.41. The van der Waals surface area contributed by atoms with Gasteiger partial charge < -0.3 is 5.32 Å². The maximum atomic E-state index is 9.10. The number of nitrogens with one attached hydrogen (secondary N) is 1. The lowest BCUT2D eigenvalue weighted by Gasteiger charge is -2.09. The molecule has 1 N–H and O–H groups in total. The van der Waals surface area contributed by atoms with Gasteiger partial charge in [-0.2, -0.15) is 5.26 Å². The van der Waals surface area contributed by atoms with Crippen LogP contribution in [-0.2, 0) is 6.42 Å². The predicted octanol–water partition coefficient (Wildman–Crippen LogP) is 3.99. The molecule has 0 saturated heterocycles. The third-order valence-corrected chi connectivity index (χ3v) is 2.70. The third kappa shape index (κ3) is 3.79. The molecule has 0 aliphatic heterocycles. The van der Waals surface area contributed by atoms with Crippen LogP contribution >= 0.6 is 0 Å². The Morgan fingerprint density at radius 2 is 1.80 bits per heavy atom. The lowest BCUT2D eigenvalue weighted by atomic mass is 10.1. The Labute approximate surface area is 120 Å². The SMILES string of the molecule is CC.CCc1c(C)nc(Nc2ccccc2)nc1C#N. The van der Waals surface area contributed by atoms with Gasteiger partial charge in [0, 0.05) is 16.9 Å². The summed E-state index contributed by atoms with van der Waals surface area (Å²) >= 11 is 0. The van der Waals surface area contributed by atoms with Gasteiger partial charge in [-0.05, 0) is 25.5 Å². The van der Waals surface area contributed by atoms with Crippen LogP contribution in [0.3, 0.4) is 0 Å². The quantitative estimate of drug-likeness (QED) is 0.914. The molecule has 4 heteroatoms. The molecule has 0 radical (unpaired) electrons. The van der Waals surface area contributed by atoms with E-state index in [9.17, 15) is 0 Å². The van der Waals surface area contributed by atoms with Crippen molar-refractivity contribution in [2.24, 2.45) is 0 Å². The molecule has 2 rings (SSSR count). The zero-order chi connectivity index (χ0) is 15.0. The average molecular weight is 268 g/mol. The number of aryl methyl sites for hydroxylation is 1. The summed E-state index contributed by atoms with van der Waals surface area (Å²) in [6, 6.07) is 11.8. The number of benzene rings is 1. The summed E-state index contributed by atoms with van der Waals surface area (Å²) in [5.41, 5.74) is 3.12. The number of para-hydroxylation sites is 1. The second-order valence-corrected chi connectivity index (χ2v) is 3.92. The zero-order valence-corrected chi connectivity index (χ0v) is 12.4. The molecule has 0 spiro atoms. The molecule has 0 amide bonds. The summed E-state index contributed by atoms with van der Waals surface area (Å²) in [5, 5.41) is 12.2. The number of hydrogen-bond acceptors (Lipinski definition) is 4. The van der Waals surface area contributed by atoms with E-state index in [1.54, 1.807) is 0 Å². The fraction of sp³-hybridized carbons (Fsp3) is 0.312. The monoisotopic (exact) mass is 268 g/mol. The lowest BCUT2D eigenvalue weighted by molar-refractivity contribution is 0.984. The molecule has 0 bridgehead atoms. The van der Waals surface area contributed by atoms with Crippen molar-refractivity contribution in [3.63, 3.8) is 0 Å². The van der Waals surface area contributed by atoms with Crippen LogP contribution in [0.25, 0.3) is 0 Å². The van der Waals surface area contributed by atoms with Gasteiger partial charge in [-0.1, -0.05) is 39.0 Å². The van der Waals surface area contributed by atoms with Gasteiger partial charge in [0.15, 0.2) is 0 Å². The molecule has 104 valence electrons. The minimum atomic E-state index is 0.448. The predicted molar refractivity (Wildman–Crippen MR) is 81.9 cm³/mol. The first kappa shape index (κ1) is 15.6. The van der Waals surface area contributed by atoms with E-state index in [4.69, 9.17) is 5.26 Å². The van der Waals surface area contributed by atoms with Crippen molar-refractivity contribution in [2.75, 3.05) is 5.32 Å². The Balaban J connectivity index is 0.000000956. The van der Waals surface area contributed by atoms with E-state index >= 15 is 0 Å². The van der Waals surface area contributed by atoms with E-state index in [-0.39, 0.29) is 0 Å². The molecule has 20 heavy (non-hydrogen) atoms. The fourth-order valence-corrected chi connectivity index (χ4v) is 1.82. The van der Waals surface area contributed by atoms with Crippen molar-refractivity contribution in [3.8, 4) is 6.07 Å². The highest BCUT2D eigenvalue weighted by atomic mass is 15.1. The molecule has 1 aromatic carbocycles. The third-order valence-electron chi connectivity index (χ3n) is 2.70. The molecular weight excluding hydrogens is 248 g/mol. The molecule has 2 aromatic rings. The Bertz CT molecular complexity index is 585. The van der Waals surface area contributed by atoms with Gasteiger partial charge in [0.1, 0.15) is 11.8 Å². The number of nitriles is 1. The van der Waals surface area contributed by atoms with E-state index in [1.165, 1.54) is 0 Å². The standard InChI is InChI=1S/C14H14N4.C2H6/c1-3-12-10(2)16-14(18-13(12)9-15)17-11-7-5-4-6-8-11;1-2/h4-8H,3H2,1-2H3,(H,16,17,18);1-2H3. The van der Waals surface area contributed by atoms with Crippen molar-refractivity contribution in [2.45, 2.75) is 34.1 Å². The smallest absolute Gasteiger partial charge is 0.228 e. The van der Waals surface area contributed by atoms with E-state index in [0.29, 0.717) is 11.6 Å². The molecule has 4 nitrogen and oxygen atoms in total. The molecule has 0 aliphatic rings. The minimum absolute atomic E-state index is 0.448.